The lowest BCUT2D eigenvalue weighted by atomic mass is 10.0. The maximum atomic E-state index is 11.9. The minimum absolute atomic E-state index is 0.126. The van der Waals surface area contributed by atoms with Gasteiger partial charge < -0.3 is 5.11 Å². The number of sulfonamides is 1. The summed E-state index contributed by atoms with van der Waals surface area (Å²) in [4.78, 5) is 0. The van der Waals surface area contributed by atoms with E-state index >= 15 is 0 Å². The summed E-state index contributed by atoms with van der Waals surface area (Å²) in [7, 11) is -3.41. The van der Waals surface area contributed by atoms with Crippen LogP contribution in [0.15, 0.2) is 15.7 Å². The van der Waals surface area contributed by atoms with Crippen LogP contribution in [0.2, 0.25) is 0 Å². The molecule has 98 valence electrons. The summed E-state index contributed by atoms with van der Waals surface area (Å²) in [6.45, 7) is 4.45. The summed E-state index contributed by atoms with van der Waals surface area (Å²) >= 11 is 1.14. The summed E-state index contributed by atoms with van der Waals surface area (Å²) in [5.41, 5.74) is 0.637. The molecule has 0 unspecified atom stereocenters. The van der Waals surface area contributed by atoms with E-state index in [-0.39, 0.29) is 10.8 Å². The molecule has 0 aliphatic rings. The Bertz CT molecular complexity index is 435. The fourth-order valence-electron chi connectivity index (χ4n) is 1.45. The van der Waals surface area contributed by atoms with Gasteiger partial charge in [-0.1, -0.05) is 26.7 Å². The molecule has 0 amide bonds. The number of thiophene rings is 1. The van der Waals surface area contributed by atoms with E-state index in [2.05, 4.69) is 18.6 Å². The molecule has 0 aliphatic heterocycles. The van der Waals surface area contributed by atoms with Gasteiger partial charge in [-0.15, -0.1) is 11.3 Å². The van der Waals surface area contributed by atoms with Crippen molar-refractivity contribution in [3.63, 3.8) is 0 Å². The van der Waals surface area contributed by atoms with Crippen LogP contribution >= 0.6 is 11.3 Å². The predicted octanol–water partition coefficient (Wildman–Crippen LogP) is 1.95. The van der Waals surface area contributed by atoms with E-state index in [1.807, 2.05) is 0 Å². The van der Waals surface area contributed by atoms with Crippen LogP contribution in [0.25, 0.3) is 0 Å². The molecular weight excluding hydrogens is 258 g/mol. The van der Waals surface area contributed by atoms with E-state index in [0.717, 1.165) is 24.2 Å². The zero-order valence-electron chi connectivity index (χ0n) is 10.1. The Morgan fingerprint density at radius 3 is 2.53 bits per heavy atom. The molecule has 1 aromatic rings. The minimum atomic E-state index is -3.41. The Morgan fingerprint density at radius 1 is 1.41 bits per heavy atom. The first kappa shape index (κ1) is 14.6. The van der Waals surface area contributed by atoms with Gasteiger partial charge in [-0.2, -0.15) is 0 Å². The van der Waals surface area contributed by atoms with Crippen molar-refractivity contribution in [3.05, 3.63) is 17.0 Å². The Morgan fingerprint density at radius 2 is 2.06 bits per heavy atom. The number of aliphatic hydroxyl groups is 1. The first-order valence-corrected chi connectivity index (χ1v) is 8.07. The topological polar surface area (TPSA) is 66.4 Å². The SMILES string of the molecule is CCC(CC)CNS(=O)(=O)c1cc(CO)cs1. The molecule has 0 radical (unpaired) electrons. The van der Waals surface area contributed by atoms with Gasteiger partial charge in [-0.25, -0.2) is 13.1 Å². The van der Waals surface area contributed by atoms with Crippen molar-refractivity contribution in [3.8, 4) is 0 Å². The highest BCUT2D eigenvalue weighted by atomic mass is 32.2. The molecule has 1 rings (SSSR count). The molecule has 0 saturated carbocycles. The van der Waals surface area contributed by atoms with Gasteiger partial charge in [0.2, 0.25) is 10.0 Å². The summed E-state index contributed by atoms with van der Waals surface area (Å²) in [6, 6.07) is 1.51. The van der Waals surface area contributed by atoms with Crippen LogP contribution in [-0.2, 0) is 16.6 Å². The summed E-state index contributed by atoms with van der Waals surface area (Å²) < 4.78 is 26.7. The van der Waals surface area contributed by atoms with E-state index in [1.165, 1.54) is 6.07 Å². The highest BCUT2D eigenvalue weighted by Crippen LogP contribution is 2.20. The predicted molar refractivity (Wildman–Crippen MR) is 69.5 cm³/mol. The van der Waals surface area contributed by atoms with E-state index in [1.54, 1.807) is 5.38 Å². The van der Waals surface area contributed by atoms with Gasteiger partial charge in [0.15, 0.2) is 0 Å². The summed E-state index contributed by atoms with van der Waals surface area (Å²) in [6.07, 6.45) is 1.93. The van der Waals surface area contributed by atoms with E-state index < -0.39 is 10.0 Å². The van der Waals surface area contributed by atoms with Crippen molar-refractivity contribution in [2.75, 3.05) is 6.54 Å². The second-order valence-electron chi connectivity index (χ2n) is 3.97. The van der Waals surface area contributed by atoms with Gasteiger partial charge in [0.05, 0.1) is 6.61 Å². The van der Waals surface area contributed by atoms with Crippen LogP contribution < -0.4 is 4.72 Å². The van der Waals surface area contributed by atoms with Crippen LogP contribution in [0.1, 0.15) is 32.3 Å². The van der Waals surface area contributed by atoms with E-state index in [4.69, 9.17) is 5.11 Å². The van der Waals surface area contributed by atoms with Crippen LogP contribution in [0, 0.1) is 5.92 Å². The number of rotatable bonds is 7. The molecule has 0 aliphatic carbocycles. The third-order valence-corrected chi connectivity index (χ3v) is 5.71. The van der Waals surface area contributed by atoms with Crippen LogP contribution in [-0.4, -0.2) is 20.1 Å². The summed E-state index contributed by atoms with van der Waals surface area (Å²) in [5, 5.41) is 10.6. The zero-order chi connectivity index (χ0) is 12.9. The smallest absolute Gasteiger partial charge is 0.250 e. The maximum absolute atomic E-state index is 11.9. The van der Waals surface area contributed by atoms with Gasteiger partial charge in [0, 0.05) is 6.54 Å². The quantitative estimate of drug-likeness (QED) is 0.800. The van der Waals surface area contributed by atoms with Crippen molar-refractivity contribution in [2.45, 2.75) is 37.5 Å². The molecule has 2 N–H and O–H groups in total. The van der Waals surface area contributed by atoms with E-state index in [9.17, 15) is 8.42 Å². The molecule has 6 heteroatoms. The van der Waals surface area contributed by atoms with Gasteiger partial charge in [-0.05, 0) is 22.9 Å². The Labute approximate surface area is 107 Å². The van der Waals surface area contributed by atoms with Gasteiger partial charge >= 0.3 is 0 Å². The van der Waals surface area contributed by atoms with Gasteiger partial charge in [-0.3, -0.25) is 0 Å². The van der Waals surface area contributed by atoms with Crippen molar-refractivity contribution in [2.24, 2.45) is 5.92 Å². The Balaban J connectivity index is 2.68. The largest absolute Gasteiger partial charge is 0.392 e. The molecule has 0 bridgehead atoms. The molecule has 1 heterocycles. The van der Waals surface area contributed by atoms with Gasteiger partial charge in [0.1, 0.15) is 4.21 Å². The van der Waals surface area contributed by atoms with Crippen LogP contribution in [0.3, 0.4) is 0 Å². The third kappa shape index (κ3) is 4.06. The molecule has 17 heavy (non-hydrogen) atoms. The van der Waals surface area contributed by atoms with Crippen molar-refractivity contribution >= 4 is 21.4 Å². The molecule has 0 spiro atoms. The maximum Gasteiger partial charge on any atom is 0.250 e. The minimum Gasteiger partial charge on any atom is -0.392 e. The molecule has 0 fully saturated rings. The average molecular weight is 277 g/mol. The standard InChI is InChI=1S/C11H19NO3S2/c1-3-9(4-2)6-12-17(14,15)11-5-10(7-13)8-16-11/h5,8-9,12-13H,3-4,6-7H2,1-2H3. The summed E-state index contributed by atoms with van der Waals surface area (Å²) in [5.74, 6) is 0.377. The fourth-order valence-corrected chi connectivity index (χ4v) is 3.81. The Kier molecular flexibility index (Phi) is 5.58. The first-order chi connectivity index (χ1) is 8.03. The third-order valence-electron chi connectivity index (χ3n) is 2.79. The number of hydrogen-bond donors (Lipinski definition) is 2. The lowest BCUT2D eigenvalue weighted by Gasteiger charge is -2.12. The molecule has 4 nitrogen and oxygen atoms in total. The Hall–Kier alpha value is -0.430. The first-order valence-electron chi connectivity index (χ1n) is 5.71. The molecule has 0 saturated heterocycles. The van der Waals surface area contributed by atoms with Crippen LogP contribution in [0.5, 0.6) is 0 Å². The highest BCUT2D eigenvalue weighted by Gasteiger charge is 2.17. The van der Waals surface area contributed by atoms with Crippen molar-refractivity contribution in [1.29, 1.82) is 0 Å². The van der Waals surface area contributed by atoms with Crippen molar-refractivity contribution in [1.82, 2.24) is 4.72 Å². The van der Waals surface area contributed by atoms with E-state index in [0.29, 0.717) is 18.0 Å². The van der Waals surface area contributed by atoms with Crippen LogP contribution in [0.4, 0.5) is 0 Å². The normalized spacial score (nSPS) is 12.2. The number of aliphatic hydroxyl groups excluding tert-OH is 1. The van der Waals surface area contributed by atoms with Crippen molar-refractivity contribution < 1.29 is 13.5 Å². The highest BCUT2D eigenvalue weighted by molar-refractivity contribution is 7.91. The molecular formula is C11H19NO3S2. The monoisotopic (exact) mass is 277 g/mol. The van der Waals surface area contributed by atoms with Gasteiger partial charge in [0.25, 0.3) is 0 Å². The molecule has 0 atom stereocenters. The second-order valence-corrected chi connectivity index (χ2v) is 6.87. The lowest BCUT2D eigenvalue weighted by Crippen LogP contribution is -2.28. The number of hydrogen-bond acceptors (Lipinski definition) is 4. The lowest BCUT2D eigenvalue weighted by molar-refractivity contribution is 0.282. The average Bonchev–Trinajstić information content (AvgIpc) is 2.79. The number of nitrogens with one attached hydrogen (secondary N) is 1. The molecule has 0 aromatic carbocycles. The fraction of sp³-hybridized carbons (Fsp3) is 0.636. The second kappa shape index (κ2) is 6.49. The zero-order valence-corrected chi connectivity index (χ0v) is 11.8. The molecule has 1 aromatic heterocycles.